The molecule has 0 saturated carbocycles. The molecule has 0 aliphatic rings. The summed E-state index contributed by atoms with van der Waals surface area (Å²) in [7, 11) is 0. The van der Waals surface area contributed by atoms with Gasteiger partial charge in [0.15, 0.2) is 0 Å². The smallest absolute Gasteiger partial charge is 0.310 e. The van der Waals surface area contributed by atoms with Crippen molar-refractivity contribution in [2.45, 2.75) is 32.4 Å². The normalized spacial score (nSPS) is 10.6. The van der Waals surface area contributed by atoms with Crippen LogP contribution in [-0.4, -0.2) is 16.1 Å². The highest BCUT2D eigenvalue weighted by Gasteiger charge is 2.09. The van der Waals surface area contributed by atoms with Crippen LogP contribution in [-0.2, 0) is 6.54 Å². The largest absolute Gasteiger partial charge is 0.319 e. The van der Waals surface area contributed by atoms with Gasteiger partial charge in [0, 0.05) is 18.8 Å². The third-order valence-corrected chi connectivity index (χ3v) is 2.17. The van der Waals surface area contributed by atoms with Crippen LogP contribution in [0.15, 0.2) is 12.4 Å². The van der Waals surface area contributed by atoms with Crippen molar-refractivity contribution in [3.05, 3.63) is 18.2 Å². The molecule has 0 bridgehead atoms. The third kappa shape index (κ3) is 3.99. The van der Waals surface area contributed by atoms with Crippen LogP contribution in [0.25, 0.3) is 0 Å². The Morgan fingerprint density at radius 2 is 2.31 bits per heavy atom. The Hall–Kier alpha value is -1.41. The molecule has 0 fully saturated rings. The molecular weight excluding hydrogens is 212 g/mol. The fraction of sp³-hybridized carbons (Fsp3) is 0.545. The second-order valence-corrected chi connectivity index (χ2v) is 3.37. The first-order valence-corrected chi connectivity index (χ1v) is 5.19. The average Bonchev–Trinajstić information content (AvgIpc) is 2.71. The van der Waals surface area contributed by atoms with Crippen molar-refractivity contribution < 1.29 is 8.78 Å². The average molecular weight is 227 g/mol. The SMILES string of the molecule is C#CCCCCNCc1nccn1C(F)F. The summed E-state index contributed by atoms with van der Waals surface area (Å²) in [4.78, 5) is 3.86. The second kappa shape index (κ2) is 6.96. The molecule has 1 aromatic rings. The van der Waals surface area contributed by atoms with Crippen LogP contribution in [0, 0.1) is 12.3 Å². The predicted molar refractivity (Wildman–Crippen MR) is 57.9 cm³/mol. The lowest BCUT2D eigenvalue weighted by Crippen LogP contribution is -2.18. The van der Waals surface area contributed by atoms with Gasteiger partial charge in [0.05, 0.1) is 6.54 Å². The molecular formula is C11H15F2N3. The molecule has 0 unspecified atom stereocenters. The molecule has 16 heavy (non-hydrogen) atoms. The number of hydrogen-bond donors (Lipinski definition) is 1. The molecule has 88 valence electrons. The zero-order valence-electron chi connectivity index (χ0n) is 9.00. The highest BCUT2D eigenvalue weighted by Crippen LogP contribution is 2.11. The maximum absolute atomic E-state index is 12.4. The Bertz CT molecular complexity index is 341. The van der Waals surface area contributed by atoms with Gasteiger partial charge in [-0.2, -0.15) is 8.78 Å². The molecule has 0 amide bonds. The number of halogens is 2. The molecule has 5 heteroatoms. The van der Waals surface area contributed by atoms with Gasteiger partial charge in [-0.3, -0.25) is 4.57 Å². The molecule has 0 aliphatic carbocycles. The zero-order valence-corrected chi connectivity index (χ0v) is 9.00. The summed E-state index contributed by atoms with van der Waals surface area (Å²) in [6.07, 6.45) is 10.4. The number of imidazole rings is 1. The van der Waals surface area contributed by atoms with Crippen molar-refractivity contribution in [3.63, 3.8) is 0 Å². The maximum Gasteiger partial charge on any atom is 0.319 e. The Labute approximate surface area is 93.9 Å². The van der Waals surface area contributed by atoms with E-state index in [-0.39, 0.29) is 0 Å². The molecule has 0 aliphatic heterocycles. The summed E-state index contributed by atoms with van der Waals surface area (Å²) in [5.41, 5.74) is 0. The molecule has 0 saturated heterocycles. The van der Waals surface area contributed by atoms with Crippen LogP contribution in [0.1, 0.15) is 31.6 Å². The quantitative estimate of drug-likeness (QED) is 0.571. The maximum atomic E-state index is 12.4. The van der Waals surface area contributed by atoms with Crippen molar-refractivity contribution in [3.8, 4) is 12.3 Å². The Balaban J connectivity index is 2.22. The number of hydrogen-bond acceptors (Lipinski definition) is 2. The van der Waals surface area contributed by atoms with Crippen LogP contribution in [0.3, 0.4) is 0 Å². The molecule has 1 rings (SSSR count). The lowest BCUT2D eigenvalue weighted by molar-refractivity contribution is 0.0666. The monoisotopic (exact) mass is 227 g/mol. The van der Waals surface area contributed by atoms with Crippen LogP contribution >= 0.6 is 0 Å². The zero-order chi connectivity index (χ0) is 11.8. The molecule has 1 heterocycles. The van der Waals surface area contributed by atoms with Gasteiger partial charge in [0.25, 0.3) is 0 Å². The van der Waals surface area contributed by atoms with Crippen molar-refractivity contribution in [2.75, 3.05) is 6.54 Å². The standard InChI is InChI=1S/C11H15F2N3/c1-2-3-4-5-6-14-9-10-15-7-8-16(10)11(12)13/h1,7-8,11,14H,3-6,9H2. The van der Waals surface area contributed by atoms with Gasteiger partial charge in [-0.25, -0.2) is 4.98 Å². The van der Waals surface area contributed by atoms with E-state index in [4.69, 9.17) is 6.42 Å². The number of alkyl halides is 2. The summed E-state index contributed by atoms with van der Waals surface area (Å²) in [6.45, 7) is -1.41. The predicted octanol–water partition coefficient (Wildman–Crippen LogP) is 2.17. The van der Waals surface area contributed by atoms with Gasteiger partial charge in [-0.1, -0.05) is 0 Å². The molecule has 0 atom stereocenters. The van der Waals surface area contributed by atoms with Crippen LogP contribution in [0.2, 0.25) is 0 Å². The first kappa shape index (κ1) is 12.7. The Morgan fingerprint density at radius 1 is 1.50 bits per heavy atom. The van der Waals surface area contributed by atoms with E-state index in [2.05, 4.69) is 16.2 Å². The van der Waals surface area contributed by atoms with E-state index >= 15 is 0 Å². The van der Waals surface area contributed by atoms with Gasteiger partial charge in [-0.15, -0.1) is 12.3 Å². The number of terminal acetylenes is 1. The lowest BCUT2D eigenvalue weighted by atomic mass is 10.2. The first-order chi connectivity index (χ1) is 7.75. The fourth-order valence-electron chi connectivity index (χ4n) is 1.34. The van der Waals surface area contributed by atoms with Crippen LogP contribution in [0.5, 0.6) is 0 Å². The highest BCUT2D eigenvalue weighted by atomic mass is 19.3. The Morgan fingerprint density at radius 3 is 3.00 bits per heavy atom. The first-order valence-electron chi connectivity index (χ1n) is 5.19. The van der Waals surface area contributed by atoms with Gasteiger partial charge >= 0.3 is 6.55 Å². The summed E-state index contributed by atoms with van der Waals surface area (Å²) < 4.78 is 25.7. The minimum Gasteiger partial charge on any atom is -0.310 e. The summed E-state index contributed by atoms with van der Waals surface area (Å²) >= 11 is 0. The number of unbranched alkanes of at least 4 members (excludes halogenated alkanes) is 2. The summed E-state index contributed by atoms with van der Waals surface area (Å²) in [5.74, 6) is 2.91. The molecule has 0 radical (unpaired) electrons. The number of rotatable bonds is 7. The van der Waals surface area contributed by atoms with Crippen LogP contribution < -0.4 is 5.32 Å². The minimum atomic E-state index is -2.53. The van der Waals surface area contributed by atoms with E-state index in [0.717, 1.165) is 30.4 Å². The van der Waals surface area contributed by atoms with E-state index < -0.39 is 6.55 Å². The lowest BCUT2D eigenvalue weighted by Gasteiger charge is -2.07. The highest BCUT2D eigenvalue weighted by molar-refractivity contribution is 4.92. The molecule has 3 nitrogen and oxygen atoms in total. The number of nitrogens with one attached hydrogen (secondary N) is 1. The van der Waals surface area contributed by atoms with Gasteiger partial charge in [0.1, 0.15) is 5.82 Å². The molecule has 1 aromatic heterocycles. The summed E-state index contributed by atoms with van der Waals surface area (Å²) in [6, 6.07) is 0. The topological polar surface area (TPSA) is 29.9 Å². The van der Waals surface area contributed by atoms with Gasteiger partial charge < -0.3 is 5.32 Å². The van der Waals surface area contributed by atoms with E-state index in [1.807, 2.05) is 0 Å². The second-order valence-electron chi connectivity index (χ2n) is 3.37. The van der Waals surface area contributed by atoms with Crippen molar-refractivity contribution in [1.29, 1.82) is 0 Å². The van der Waals surface area contributed by atoms with E-state index in [9.17, 15) is 8.78 Å². The van der Waals surface area contributed by atoms with E-state index in [1.54, 1.807) is 0 Å². The third-order valence-electron chi connectivity index (χ3n) is 2.17. The molecule has 0 aromatic carbocycles. The van der Waals surface area contributed by atoms with Crippen molar-refractivity contribution in [1.82, 2.24) is 14.9 Å². The minimum absolute atomic E-state index is 0.354. The van der Waals surface area contributed by atoms with Crippen LogP contribution in [0.4, 0.5) is 8.78 Å². The van der Waals surface area contributed by atoms with Crippen molar-refractivity contribution in [2.24, 2.45) is 0 Å². The van der Waals surface area contributed by atoms with Gasteiger partial charge in [0.2, 0.25) is 0 Å². The Kier molecular flexibility index (Phi) is 5.51. The number of nitrogens with zero attached hydrogens (tertiary/aromatic N) is 2. The van der Waals surface area contributed by atoms with E-state index in [0.29, 0.717) is 12.4 Å². The number of aromatic nitrogens is 2. The molecule has 0 spiro atoms. The molecule has 1 N–H and O–H groups in total. The van der Waals surface area contributed by atoms with E-state index in [1.165, 1.54) is 12.4 Å². The van der Waals surface area contributed by atoms with Gasteiger partial charge in [-0.05, 0) is 19.4 Å². The summed E-state index contributed by atoms with van der Waals surface area (Å²) in [5, 5.41) is 3.06. The fourth-order valence-corrected chi connectivity index (χ4v) is 1.34. The van der Waals surface area contributed by atoms with Crippen molar-refractivity contribution >= 4 is 0 Å².